The number of rotatable bonds is 4. The van der Waals surface area contributed by atoms with E-state index in [2.05, 4.69) is 0 Å². The van der Waals surface area contributed by atoms with Crippen molar-refractivity contribution >= 4 is 11.9 Å². The number of nitrogens with zero attached hydrogens (tertiary/aromatic N) is 1. The molecule has 120 valence electrons. The first-order chi connectivity index (χ1) is 10.5. The van der Waals surface area contributed by atoms with Gasteiger partial charge in [-0.25, -0.2) is 0 Å². The normalized spacial score (nSPS) is 18.0. The summed E-state index contributed by atoms with van der Waals surface area (Å²) in [5.41, 5.74) is 2.17. The average molecular weight is 305 g/mol. The Bertz CT molecular complexity index is 556. The van der Waals surface area contributed by atoms with Crippen LogP contribution >= 0.6 is 0 Å². The van der Waals surface area contributed by atoms with Crippen LogP contribution in [0, 0.1) is 19.8 Å². The first kappa shape index (κ1) is 16.3. The zero-order valence-electron chi connectivity index (χ0n) is 13.4. The molecule has 1 atom stereocenters. The van der Waals surface area contributed by atoms with Gasteiger partial charge in [-0.1, -0.05) is 17.7 Å². The van der Waals surface area contributed by atoms with Crippen molar-refractivity contribution < 1.29 is 19.1 Å². The number of piperidine rings is 1. The number of methoxy groups -OCH3 is 1. The first-order valence-electron chi connectivity index (χ1n) is 7.57. The highest BCUT2D eigenvalue weighted by molar-refractivity contribution is 5.79. The molecule has 0 radical (unpaired) electrons. The van der Waals surface area contributed by atoms with E-state index in [9.17, 15) is 9.59 Å². The summed E-state index contributed by atoms with van der Waals surface area (Å²) < 4.78 is 10.4. The van der Waals surface area contributed by atoms with Gasteiger partial charge in [-0.05, 0) is 38.3 Å². The van der Waals surface area contributed by atoms with Crippen molar-refractivity contribution in [2.45, 2.75) is 26.7 Å². The standard InChI is InChI=1S/C17H23NO4/c1-12-6-7-15(13(2)9-12)22-11-16(19)18-8-4-5-14(10-18)17(20)21-3/h6-7,9,14H,4-5,8,10-11H2,1-3H3. The van der Waals surface area contributed by atoms with E-state index >= 15 is 0 Å². The van der Waals surface area contributed by atoms with Crippen LogP contribution < -0.4 is 4.74 Å². The third kappa shape index (κ3) is 4.00. The molecule has 5 nitrogen and oxygen atoms in total. The minimum absolute atomic E-state index is 0.00219. The molecular formula is C17H23NO4. The summed E-state index contributed by atoms with van der Waals surface area (Å²) >= 11 is 0. The summed E-state index contributed by atoms with van der Waals surface area (Å²) in [7, 11) is 1.38. The maximum absolute atomic E-state index is 12.3. The molecule has 0 saturated carbocycles. The van der Waals surface area contributed by atoms with Crippen molar-refractivity contribution in [2.75, 3.05) is 26.8 Å². The van der Waals surface area contributed by atoms with E-state index in [4.69, 9.17) is 9.47 Å². The van der Waals surface area contributed by atoms with Gasteiger partial charge in [-0.15, -0.1) is 0 Å². The number of likely N-dealkylation sites (tertiary alicyclic amines) is 1. The zero-order valence-corrected chi connectivity index (χ0v) is 13.4. The van der Waals surface area contributed by atoms with Gasteiger partial charge in [0.2, 0.25) is 0 Å². The Morgan fingerprint density at radius 2 is 2.09 bits per heavy atom. The number of carbonyl (C=O) groups excluding carboxylic acids is 2. The van der Waals surface area contributed by atoms with Gasteiger partial charge >= 0.3 is 5.97 Å². The summed E-state index contributed by atoms with van der Waals surface area (Å²) in [6, 6.07) is 5.86. The summed E-state index contributed by atoms with van der Waals surface area (Å²) in [5.74, 6) is 0.172. The van der Waals surface area contributed by atoms with Gasteiger partial charge < -0.3 is 14.4 Å². The first-order valence-corrected chi connectivity index (χ1v) is 7.57. The van der Waals surface area contributed by atoms with E-state index < -0.39 is 0 Å². The molecule has 1 saturated heterocycles. The van der Waals surface area contributed by atoms with Crippen LogP contribution in [0.4, 0.5) is 0 Å². The second-order valence-corrected chi connectivity index (χ2v) is 5.76. The number of amides is 1. The van der Waals surface area contributed by atoms with Crippen LogP contribution in [0.3, 0.4) is 0 Å². The molecule has 1 heterocycles. The SMILES string of the molecule is COC(=O)C1CCCN(C(=O)COc2ccc(C)cc2C)C1. The van der Waals surface area contributed by atoms with Crippen LogP contribution in [-0.2, 0) is 14.3 Å². The minimum Gasteiger partial charge on any atom is -0.484 e. The van der Waals surface area contributed by atoms with E-state index in [-0.39, 0.29) is 24.4 Å². The lowest BCUT2D eigenvalue weighted by molar-refractivity contribution is -0.149. The van der Waals surface area contributed by atoms with Crippen LogP contribution in [0.1, 0.15) is 24.0 Å². The molecule has 1 aliphatic heterocycles. The number of benzene rings is 1. The lowest BCUT2D eigenvalue weighted by atomic mass is 9.98. The van der Waals surface area contributed by atoms with Gasteiger partial charge in [0, 0.05) is 13.1 Å². The van der Waals surface area contributed by atoms with Crippen LogP contribution in [0.15, 0.2) is 18.2 Å². The Hall–Kier alpha value is -2.04. The molecule has 0 bridgehead atoms. The third-order valence-corrected chi connectivity index (χ3v) is 3.99. The number of ether oxygens (including phenoxy) is 2. The number of esters is 1. The number of carbonyl (C=O) groups is 2. The van der Waals surface area contributed by atoms with Crippen LogP contribution in [0.25, 0.3) is 0 Å². The molecule has 0 N–H and O–H groups in total. The molecule has 1 fully saturated rings. The fourth-order valence-electron chi connectivity index (χ4n) is 2.75. The molecule has 0 aliphatic carbocycles. The van der Waals surface area contributed by atoms with Crippen LogP contribution in [-0.4, -0.2) is 43.6 Å². The molecule has 1 amide bonds. The third-order valence-electron chi connectivity index (χ3n) is 3.99. The van der Waals surface area contributed by atoms with Crippen molar-refractivity contribution in [3.63, 3.8) is 0 Å². The Labute approximate surface area is 131 Å². The summed E-state index contributed by atoms with van der Waals surface area (Å²) in [6.07, 6.45) is 1.59. The molecule has 5 heteroatoms. The highest BCUT2D eigenvalue weighted by Crippen LogP contribution is 2.20. The van der Waals surface area contributed by atoms with Crippen molar-refractivity contribution in [2.24, 2.45) is 5.92 Å². The fraction of sp³-hybridized carbons (Fsp3) is 0.529. The summed E-state index contributed by atoms with van der Waals surface area (Å²) in [6.45, 7) is 5.06. The van der Waals surface area contributed by atoms with Gasteiger partial charge in [-0.3, -0.25) is 9.59 Å². The fourth-order valence-corrected chi connectivity index (χ4v) is 2.75. The summed E-state index contributed by atoms with van der Waals surface area (Å²) in [4.78, 5) is 25.5. The predicted molar refractivity (Wildman–Crippen MR) is 82.7 cm³/mol. The van der Waals surface area contributed by atoms with Gasteiger partial charge in [-0.2, -0.15) is 0 Å². The monoisotopic (exact) mass is 305 g/mol. The smallest absolute Gasteiger partial charge is 0.310 e. The molecular weight excluding hydrogens is 282 g/mol. The van der Waals surface area contributed by atoms with Crippen molar-refractivity contribution in [3.8, 4) is 5.75 Å². The van der Waals surface area contributed by atoms with E-state index in [0.29, 0.717) is 13.1 Å². The van der Waals surface area contributed by atoms with Gasteiger partial charge in [0.25, 0.3) is 5.91 Å². The number of hydrogen-bond acceptors (Lipinski definition) is 4. The number of hydrogen-bond donors (Lipinski definition) is 0. The quantitative estimate of drug-likeness (QED) is 0.799. The Morgan fingerprint density at radius 3 is 2.77 bits per heavy atom. The Balaban J connectivity index is 1.90. The highest BCUT2D eigenvalue weighted by Gasteiger charge is 2.29. The number of aryl methyl sites for hydroxylation is 2. The Kier molecular flexibility index (Phi) is 5.41. The molecule has 22 heavy (non-hydrogen) atoms. The molecule has 0 aromatic heterocycles. The minimum atomic E-state index is -0.243. The van der Waals surface area contributed by atoms with Crippen LogP contribution in [0.2, 0.25) is 0 Å². The van der Waals surface area contributed by atoms with Gasteiger partial charge in [0.1, 0.15) is 5.75 Å². The van der Waals surface area contributed by atoms with Gasteiger partial charge in [0.15, 0.2) is 6.61 Å². The molecule has 1 aromatic rings. The maximum atomic E-state index is 12.3. The Morgan fingerprint density at radius 1 is 1.32 bits per heavy atom. The molecule has 1 aromatic carbocycles. The van der Waals surface area contributed by atoms with E-state index in [1.807, 2.05) is 32.0 Å². The maximum Gasteiger partial charge on any atom is 0.310 e. The van der Waals surface area contributed by atoms with Crippen molar-refractivity contribution in [1.29, 1.82) is 0 Å². The predicted octanol–water partition coefficient (Wildman–Crippen LogP) is 2.09. The highest BCUT2D eigenvalue weighted by atomic mass is 16.5. The molecule has 1 unspecified atom stereocenters. The lowest BCUT2D eigenvalue weighted by Crippen LogP contribution is -2.44. The van der Waals surface area contributed by atoms with E-state index in [1.165, 1.54) is 7.11 Å². The topological polar surface area (TPSA) is 55.8 Å². The largest absolute Gasteiger partial charge is 0.484 e. The van der Waals surface area contributed by atoms with Crippen LogP contribution in [0.5, 0.6) is 5.75 Å². The molecule has 1 aliphatic rings. The van der Waals surface area contributed by atoms with Crippen molar-refractivity contribution in [1.82, 2.24) is 4.90 Å². The second kappa shape index (κ2) is 7.29. The molecule has 0 spiro atoms. The lowest BCUT2D eigenvalue weighted by Gasteiger charge is -2.31. The van der Waals surface area contributed by atoms with Gasteiger partial charge in [0.05, 0.1) is 13.0 Å². The van der Waals surface area contributed by atoms with Crippen molar-refractivity contribution in [3.05, 3.63) is 29.3 Å². The van der Waals surface area contributed by atoms with E-state index in [1.54, 1.807) is 4.90 Å². The average Bonchev–Trinajstić information content (AvgIpc) is 2.53. The summed E-state index contributed by atoms with van der Waals surface area (Å²) in [5, 5.41) is 0. The second-order valence-electron chi connectivity index (χ2n) is 5.76. The van der Waals surface area contributed by atoms with E-state index in [0.717, 1.165) is 29.7 Å². The molecule has 2 rings (SSSR count). The zero-order chi connectivity index (χ0) is 16.1.